The number of nitrogens with zero attached hydrogens (tertiary/aromatic N) is 1. The molecule has 1 N–H and O–H groups in total. The number of halogens is 1. The molecule has 0 saturated carbocycles. The summed E-state index contributed by atoms with van der Waals surface area (Å²) in [6.45, 7) is 0.986. The zero-order valence-corrected chi connectivity index (χ0v) is 9.93. The third kappa shape index (κ3) is 2.18. The molecular formula is C9H9IN2S. The van der Waals surface area contributed by atoms with Gasteiger partial charge in [-0.2, -0.15) is 0 Å². The lowest BCUT2D eigenvalue weighted by atomic mass is 10.3. The molecule has 13 heavy (non-hydrogen) atoms. The maximum absolute atomic E-state index is 4.53. The standard InChI is InChI=1S/C9H9IN2S/c10-11-6-5-9-12-7-3-1-2-4-8(7)13-9/h1-4,11H,5-6H2. The number of fused-ring (bicyclic) bond motifs is 1. The van der Waals surface area contributed by atoms with Crippen molar-refractivity contribution < 1.29 is 0 Å². The van der Waals surface area contributed by atoms with Gasteiger partial charge in [0.2, 0.25) is 0 Å². The average molecular weight is 304 g/mol. The molecular weight excluding hydrogens is 295 g/mol. The van der Waals surface area contributed by atoms with E-state index >= 15 is 0 Å². The molecule has 1 aromatic carbocycles. The molecule has 4 heteroatoms. The first-order valence-electron chi connectivity index (χ1n) is 4.08. The van der Waals surface area contributed by atoms with E-state index in [4.69, 9.17) is 0 Å². The SMILES string of the molecule is INCCc1nc2ccccc2s1. The van der Waals surface area contributed by atoms with Crippen molar-refractivity contribution in [3.63, 3.8) is 0 Å². The largest absolute Gasteiger partial charge is 0.261 e. The molecule has 0 aliphatic carbocycles. The highest BCUT2D eigenvalue weighted by Gasteiger charge is 2.01. The van der Waals surface area contributed by atoms with E-state index in [-0.39, 0.29) is 0 Å². The fraction of sp³-hybridized carbons (Fsp3) is 0.222. The van der Waals surface area contributed by atoms with E-state index in [1.807, 2.05) is 6.07 Å². The first-order chi connectivity index (χ1) is 6.40. The second-order valence-corrected chi connectivity index (χ2v) is 4.59. The highest BCUT2D eigenvalue weighted by Crippen LogP contribution is 2.21. The molecule has 68 valence electrons. The van der Waals surface area contributed by atoms with Gasteiger partial charge in [-0.25, -0.2) is 4.98 Å². The smallest absolute Gasteiger partial charge is 0.0951 e. The van der Waals surface area contributed by atoms with Gasteiger partial charge in [0.15, 0.2) is 0 Å². The maximum atomic E-state index is 4.53. The van der Waals surface area contributed by atoms with Crippen molar-refractivity contribution in [1.82, 2.24) is 8.51 Å². The Morgan fingerprint density at radius 3 is 3.00 bits per heavy atom. The Labute approximate surface area is 94.9 Å². The van der Waals surface area contributed by atoms with Crippen LogP contribution in [0.15, 0.2) is 24.3 Å². The number of para-hydroxylation sites is 1. The van der Waals surface area contributed by atoms with Crippen LogP contribution < -0.4 is 3.53 Å². The Bertz CT molecular complexity index is 366. The number of hydrogen-bond donors (Lipinski definition) is 1. The summed E-state index contributed by atoms with van der Waals surface area (Å²) in [4.78, 5) is 4.53. The lowest BCUT2D eigenvalue weighted by Gasteiger charge is -1.90. The van der Waals surface area contributed by atoms with Crippen LogP contribution in [0, 0.1) is 0 Å². The molecule has 0 radical (unpaired) electrons. The van der Waals surface area contributed by atoms with E-state index in [9.17, 15) is 0 Å². The number of benzene rings is 1. The van der Waals surface area contributed by atoms with Crippen LogP contribution in [-0.2, 0) is 6.42 Å². The van der Waals surface area contributed by atoms with Crippen LogP contribution in [0.2, 0.25) is 0 Å². The van der Waals surface area contributed by atoms with Gasteiger partial charge in [-0.15, -0.1) is 11.3 Å². The summed E-state index contributed by atoms with van der Waals surface area (Å²) in [5.74, 6) is 0. The van der Waals surface area contributed by atoms with Crippen molar-refractivity contribution in [2.24, 2.45) is 0 Å². The number of rotatable bonds is 3. The van der Waals surface area contributed by atoms with Crippen LogP contribution in [0.25, 0.3) is 10.2 Å². The Morgan fingerprint density at radius 2 is 2.23 bits per heavy atom. The molecule has 0 aliphatic rings. The zero-order valence-electron chi connectivity index (χ0n) is 6.96. The second kappa shape index (κ2) is 4.34. The van der Waals surface area contributed by atoms with Crippen LogP contribution in [-0.4, -0.2) is 11.5 Å². The number of thiazole rings is 1. The average Bonchev–Trinajstić information content (AvgIpc) is 2.57. The van der Waals surface area contributed by atoms with Crippen LogP contribution in [0.4, 0.5) is 0 Å². The van der Waals surface area contributed by atoms with E-state index in [0.29, 0.717) is 0 Å². The minimum Gasteiger partial charge on any atom is -0.261 e. The lowest BCUT2D eigenvalue weighted by Crippen LogP contribution is -2.02. The van der Waals surface area contributed by atoms with Crippen molar-refractivity contribution in [3.05, 3.63) is 29.3 Å². The van der Waals surface area contributed by atoms with Gasteiger partial charge in [-0.1, -0.05) is 12.1 Å². The van der Waals surface area contributed by atoms with Gasteiger partial charge in [0.25, 0.3) is 0 Å². The van der Waals surface area contributed by atoms with Gasteiger partial charge in [-0.3, -0.25) is 3.53 Å². The van der Waals surface area contributed by atoms with Crippen molar-refractivity contribution >= 4 is 44.4 Å². The van der Waals surface area contributed by atoms with Gasteiger partial charge in [-0.05, 0) is 12.1 Å². The second-order valence-electron chi connectivity index (χ2n) is 2.71. The normalized spacial score (nSPS) is 10.8. The van der Waals surface area contributed by atoms with Crippen LogP contribution in [0.1, 0.15) is 5.01 Å². The summed E-state index contributed by atoms with van der Waals surface area (Å²) >= 11 is 3.94. The van der Waals surface area contributed by atoms with Crippen molar-refractivity contribution in [1.29, 1.82) is 0 Å². The number of nitrogens with one attached hydrogen (secondary N) is 1. The lowest BCUT2D eigenvalue weighted by molar-refractivity contribution is 0.924. The van der Waals surface area contributed by atoms with Crippen molar-refractivity contribution in [2.75, 3.05) is 6.54 Å². The molecule has 2 nitrogen and oxygen atoms in total. The van der Waals surface area contributed by atoms with E-state index in [0.717, 1.165) is 18.5 Å². The molecule has 0 spiro atoms. The summed E-state index contributed by atoms with van der Waals surface area (Å²) < 4.78 is 4.38. The molecule has 2 aromatic rings. The van der Waals surface area contributed by atoms with E-state index < -0.39 is 0 Å². The Morgan fingerprint density at radius 1 is 1.38 bits per heavy atom. The molecule has 0 unspecified atom stereocenters. The summed E-state index contributed by atoms with van der Waals surface area (Å²) in [6, 6.07) is 8.27. The Hall–Kier alpha value is -0.200. The number of aromatic nitrogens is 1. The summed E-state index contributed by atoms with van der Waals surface area (Å²) in [7, 11) is 0. The van der Waals surface area contributed by atoms with Crippen LogP contribution in [0.5, 0.6) is 0 Å². The molecule has 0 bridgehead atoms. The zero-order chi connectivity index (χ0) is 9.10. The van der Waals surface area contributed by atoms with Gasteiger partial charge < -0.3 is 0 Å². The van der Waals surface area contributed by atoms with E-state index in [1.54, 1.807) is 11.3 Å². The van der Waals surface area contributed by atoms with Gasteiger partial charge in [0, 0.05) is 35.8 Å². The predicted octanol–water partition coefficient (Wildman–Crippen LogP) is 2.78. The van der Waals surface area contributed by atoms with Crippen molar-refractivity contribution in [2.45, 2.75) is 6.42 Å². The summed E-state index contributed by atoms with van der Waals surface area (Å²) in [5.41, 5.74) is 1.12. The Kier molecular flexibility index (Phi) is 3.13. The topological polar surface area (TPSA) is 24.9 Å². The van der Waals surface area contributed by atoms with Gasteiger partial charge in [0.1, 0.15) is 0 Å². The monoisotopic (exact) mass is 304 g/mol. The van der Waals surface area contributed by atoms with Gasteiger partial charge >= 0.3 is 0 Å². The predicted molar refractivity (Wildman–Crippen MR) is 65.3 cm³/mol. The fourth-order valence-electron chi connectivity index (χ4n) is 1.18. The number of hydrogen-bond acceptors (Lipinski definition) is 3. The highest BCUT2D eigenvalue weighted by atomic mass is 127. The fourth-order valence-corrected chi connectivity index (χ4v) is 2.42. The van der Waals surface area contributed by atoms with Crippen molar-refractivity contribution in [3.8, 4) is 0 Å². The molecule has 0 atom stereocenters. The minimum absolute atomic E-state index is 0.986. The maximum Gasteiger partial charge on any atom is 0.0951 e. The third-order valence-corrected chi connectivity index (χ3v) is 3.41. The summed E-state index contributed by atoms with van der Waals surface area (Å²) in [5, 5.41) is 1.21. The minimum atomic E-state index is 0.986. The molecule has 2 rings (SSSR count). The molecule has 0 saturated heterocycles. The first-order valence-corrected chi connectivity index (χ1v) is 5.97. The molecule has 1 aromatic heterocycles. The van der Waals surface area contributed by atoms with Gasteiger partial charge in [0.05, 0.1) is 15.2 Å². The molecule has 0 fully saturated rings. The third-order valence-electron chi connectivity index (χ3n) is 1.77. The quantitative estimate of drug-likeness (QED) is 0.697. The first kappa shape index (κ1) is 9.36. The molecule has 0 aliphatic heterocycles. The van der Waals surface area contributed by atoms with Crippen LogP contribution >= 0.6 is 34.2 Å². The molecule has 0 amide bonds. The molecule has 1 heterocycles. The van der Waals surface area contributed by atoms with E-state index in [2.05, 4.69) is 49.6 Å². The Balaban J connectivity index is 2.28. The highest BCUT2D eigenvalue weighted by molar-refractivity contribution is 14.1. The summed E-state index contributed by atoms with van der Waals surface area (Å²) in [6.07, 6.45) is 1.02. The van der Waals surface area contributed by atoms with E-state index in [1.165, 1.54) is 9.71 Å². The van der Waals surface area contributed by atoms with Crippen LogP contribution in [0.3, 0.4) is 0 Å².